The topological polar surface area (TPSA) is 68.2 Å². The Morgan fingerprint density at radius 1 is 1.12 bits per heavy atom. The third-order valence-electron chi connectivity index (χ3n) is 4.31. The van der Waals surface area contributed by atoms with Crippen molar-refractivity contribution in [3.05, 3.63) is 12.7 Å². The largest absolute Gasteiger partial charge is 0.472 e. The second kappa shape index (κ2) is 12.2. The Balaban J connectivity index is 1.94. The Morgan fingerprint density at radius 3 is 2.38 bits per heavy atom. The van der Waals surface area contributed by atoms with Crippen LogP contribution in [0.1, 0.15) is 38.5 Å². The van der Waals surface area contributed by atoms with Crippen molar-refractivity contribution < 1.29 is 23.2 Å². The van der Waals surface area contributed by atoms with Gasteiger partial charge in [-0.15, -0.1) is 6.58 Å². The van der Waals surface area contributed by atoms with E-state index in [1.807, 2.05) is 19.0 Å². The number of hydrogen-bond acceptors (Lipinski definition) is 5. The van der Waals surface area contributed by atoms with Crippen LogP contribution in [0, 0.1) is 11.8 Å². The molecule has 1 aliphatic rings. The molecule has 0 spiro atoms. The molecular weight excluding hydrogens is 329 g/mol. The minimum atomic E-state index is -3.91. The minimum absolute atomic E-state index is 0.179. The van der Waals surface area contributed by atoms with Crippen LogP contribution in [0.25, 0.3) is 0 Å². The Hall–Kier alpha value is -0.230. The van der Waals surface area contributed by atoms with Crippen molar-refractivity contribution in [1.82, 2.24) is 4.90 Å². The Labute approximate surface area is 146 Å². The van der Waals surface area contributed by atoms with Crippen molar-refractivity contribution >= 4 is 7.82 Å². The van der Waals surface area contributed by atoms with E-state index in [0.717, 1.165) is 13.0 Å². The van der Waals surface area contributed by atoms with Crippen LogP contribution >= 0.6 is 7.82 Å². The molecule has 7 heteroatoms. The van der Waals surface area contributed by atoms with Gasteiger partial charge in [0.2, 0.25) is 0 Å². The molecule has 1 atom stereocenters. The number of rotatable bonds is 13. The van der Waals surface area contributed by atoms with E-state index in [4.69, 9.17) is 13.8 Å². The maximum Gasteiger partial charge on any atom is 0.472 e. The van der Waals surface area contributed by atoms with Gasteiger partial charge in [0.25, 0.3) is 0 Å². The number of phosphoric ester groups is 1. The lowest BCUT2D eigenvalue weighted by Gasteiger charge is -2.26. The number of unbranched alkanes of at least 4 members (excludes halogenated alkanes) is 1. The van der Waals surface area contributed by atoms with Crippen LogP contribution in [0.5, 0.6) is 0 Å². The fraction of sp³-hybridized carbons (Fsp3) is 0.882. The summed E-state index contributed by atoms with van der Waals surface area (Å²) in [6, 6.07) is 0. The van der Waals surface area contributed by atoms with E-state index in [-0.39, 0.29) is 13.2 Å². The highest BCUT2D eigenvalue weighted by molar-refractivity contribution is 7.47. The molecule has 0 aliphatic heterocycles. The first-order valence-corrected chi connectivity index (χ1v) is 10.4. The van der Waals surface area contributed by atoms with Gasteiger partial charge < -0.3 is 14.5 Å². The normalized spacial score (nSPS) is 24.0. The fourth-order valence-corrected chi connectivity index (χ4v) is 3.45. The number of allylic oxidation sites excluding steroid dienone is 1. The molecule has 0 aromatic rings. The summed E-state index contributed by atoms with van der Waals surface area (Å²) in [7, 11) is -0.166. The molecule has 0 aromatic carbocycles. The van der Waals surface area contributed by atoms with E-state index in [1.54, 1.807) is 0 Å². The van der Waals surface area contributed by atoms with Crippen molar-refractivity contribution in [2.75, 3.05) is 47.1 Å². The number of hydrogen-bond donors (Lipinski definition) is 1. The van der Waals surface area contributed by atoms with Crippen LogP contribution in [-0.4, -0.2) is 56.9 Å². The zero-order chi connectivity index (χ0) is 17.8. The average Bonchev–Trinajstić information content (AvgIpc) is 2.54. The highest BCUT2D eigenvalue weighted by Gasteiger charge is 2.21. The van der Waals surface area contributed by atoms with E-state index in [0.29, 0.717) is 31.4 Å². The highest BCUT2D eigenvalue weighted by Crippen LogP contribution is 2.43. The summed E-state index contributed by atoms with van der Waals surface area (Å²) in [6.45, 7) is 6.32. The quantitative estimate of drug-likeness (QED) is 0.307. The standard InChI is InChI=1S/C17H34NO5P/c1-4-16-7-9-17(10-8-16)15-21-12-5-6-13-22-24(19,20)23-14-11-18(2)3/h4,16-17H,1,5-15H2,2-3H3,(H,19,20). The van der Waals surface area contributed by atoms with Gasteiger partial charge in [-0.3, -0.25) is 9.05 Å². The Kier molecular flexibility index (Phi) is 11.1. The van der Waals surface area contributed by atoms with Crippen LogP contribution in [-0.2, 0) is 18.3 Å². The summed E-state index contributed by atoms with van der Waals surface area (Å²) < 4.78 is 27.1. The highest BCUT2D eigenvalue weighted by atomic mass is 31.2. The van der Waals surface area contributed by atoms with Crippen molar-refractivity contribution in [2.24, 2.45) is 11.8 Å². The molecule has 0 amide bonds. The monoisotopic (exact) mass is 363 g/mol. The first-order chi connectivity index (χ1) is 11.4. The van der Waals surface area contributed by atoms with Gasteiger partial charge in [-0.2, -0.15) is 0 Å². The summed E-state index contributed by atoms with van der Waals surface area (Å²) in [6.07, 6.45) is 8.47. The number of likely N-dealkylation sites (N-methyl/N-ethyl adjacent to an activating group) is 1. The van der Waals surface area contributed by atoms with Crippen LogP contribution in [0.3, 0.4) is 0 Å². The summed E-state index contributed by atoms with van der Waals surface area (Å²) in [5.74, 6) is 1.35. The van der Waals surface area contributed by atoms with Gasteiger partial charge in [0, 0.05) is 19.8 Å². The zero-order valence-electron chi connectivity index (χ0n) is 15.2. The summed E-state index contributed by atoms with van der Waals surface area (Å²) in [4.78, 5) is 11.4. The molecule has 0 radical (unpaired) electrons. The molecule has 142 valence electrons. The van der Waals surface area contributed by atoms with Gasteiger partial charge in [0.05, 0.1) is 13.2 Å². The van der Waals surface area contributed by atoms with E-state index in [2.05, 4.69) is 12.7 Å². The second-order valence-corrected chi connectivity index (χ2v) is 8.19. The molecule has 0 aromatic heterocycles. The van der Waals surface area contributed by atoms with Crippen molar-refractivity contribution in [3.63, 3.8) is 0 Å². The smallest absolute Gasteiger partial charge is 0.381 e. The lowest BCUT2D eigenvalue weighted by Crippen LogP contribution is -2.18. The molecule has 1 fully saturated rings. The van der Waals surface area contributed by atoms with Crippen LogP contribution in [0.4, 0.5) is 0 Å². The van der Waals surface area contributed by atoms with Crippen LogP contribution in [0.2, 0.25) is 0 Å². The second-order valence-electron chi connectivity index (χ2n) is 6.74. The minimum Gasteiger partial charge on any atom is -0.381 e. The lowest BCUT2D eigenvalue weighted by molar-refractivity contribution is 0.0747. The van der Waals surface area contributed by atoms with Crippen molar-refractivity contribution in [2.45, 2.75) is 38.5 Å². The Morgan fingerprint density at radius 2 is 1.75 bits per heavy atom. The van der Waals surface area contributed by atoms with Gasteiger partial charge in [-0.25, -0.2) is 4.57 Å². The number of nitrogens with zero attached hydrogens (tertiary/aromatic N) is 1. The van der Waals surface area contributed by atoms with Crippen LogP contribution in [0.15, 0.2) is 12.7 Å². The number of ether oxygens (including phenoxy) is 1. The van der Waals surface area contributed by atoms with E-state index in [9.17, 15) is 9.46 Å². The molecule has 1 rings (SSSR count). The van der Waals surface area contributed by atoms with Gasteiger partial charge in [-0.05, 0) is 64.5 Å². The van der Waals surface area contributed by atoms with Gasteiger partial charge >= 0.3 is 7.82 Å². The van der Waals surface area contributed by atoms with Crippen molar-refractivity contribution in [1.29, 1.82) is 0 Å². The first-order valence-electron chi connectivity index (χ1n) is 8.90. The van der Waals surface area contributed by atoms with Gasteiger partial charge in [0.15, 0.2) is 0 Å². The SMILES string of the molecule is C=CC1CCC(COCCCCOP(=O)(O)OCCN(C)C)CC1. The molecule has 0 bridgehead atoms. The third-order valence-corrected chi connectivity index (χ3v) is 5.33. The fourth-order valence-electron chi connectivity index (χ4n) is 2.70. The predicted octanol–water partition coefficient (Wildman–Crippen LogP) is 3.47. The van der Waals surface area contributed by atoms with Crippen LogP contribution < -0.4 is 0 Å². The first kappa shape index (κ1) is 21.8. The molecule has 1 unspecified atom stereocenters. The summed E-state index contributed by atoms with van der Waals surface area (Å²) in [5, 5.41) is 0. The average molecular weight is 363 g/mol. The van der Waals surface area contributed by atoms with E-state index >= 15 is 0 Å². The molecule has 0 saturated heterocycles. The maximum atomic E-state index is 11.6. The molecule has 6 nitrogen and oxygen atoms in total. The molecular formula is C17H34NO5P. The molecule has 1 saturated carbocycles. The lowest BCUT2D eigenvalue weighted by atomic mass is 9.82. The predicted molar refractivity (Wildman–Crippen MR) is 96.0 cm³/mol. The van der Waals surface area contributed by atoms with Gasteiger partial charge in [0.1, 0.15) is 0 Å². The summed E-state index contributed by atoms with van der Waals surface area (Å²) >= 11 is 0. The van der Waals surface area contributed by atoms with Gasteiger partial charge in [-0.1, -0.05) is 6.08 Å². The molecule has 0 heterocycles. The number of phosphoric acid groups is 1. The van der Waals surface area contributed by atoms with E-state index in [1.165, 1.54) is 25.7 Å². The molecule has 24 heavy (non-hydrogen) atoms. The van der Waals surface area contributed by atoms with E-state index < -0.39 is 7.82 Å². The molecule has 1 aliphatic carbocycles. The molecule has 1 N–H and O–H groups in total. The zero-order valence-corrected chi connectivity index (χ0v) is 16.1. The maximum absolute atomic E-state index is 11.6. The Bertz CT molecular complexity index is 383. The van der Waals surface area contributed by atoms with Crippen molar-refractivity contribution in [3.8, 4) is 0 Å². The third kappa shape index (κ3) is 10.6. The summed E-state index contributed by atoms with van der Waals surface area (Å²) in [5.41, 5.74) is 0.